The Balaban J connectivity index is 1.64. The lowest BCUT2D eigenvalue weighted by Gasteiger charge is -2.44. The van der Waals surface area contributed by atoms with Crippen molar-refractivity contribution in [3.05, 3.63) is 70.3 Å². The second-order valence-corrected chi connectivity index (χ2v) is 12.1. The summed E-state index contributed by atoms with van der Waals surface area (Å²) in [6.45, 7) is 9.86. The molecule has 3 aromatic rings. The molecule has 224 valence electrons. The number of carbonyl (C=O) groups excluding carboxylic acids is 3. The van der Waals surface area contributed by atoms with Crippen molar-refractivity contribution in [3.63, 3.8) is 0 Å². The lowest BCUT2D eigenvalue weighted by atomic mass is 9.73. The van der Waals surface area contributed by atoms with Crippen LogP contribution in [0.15, 0.2) is 36.4 Å². The van der Waals surface area contributed by atoms with E-state index in [1.807, 2.05) is 26.0 Å². The monoisotopic (exact) mass is 586 g/mol. The second-order valence-electron chi connectivity index (χ2n) is 12.1. The Labute approximate surface area is 247 Å². The van der Waals surface area contributed by atoms with Crippen LogP contribution in [-0.4, -0.2) is 72.1 Å². The highest BCUT2D eigenvalue weighted by molar-refractivity contribution is 6.06. The molecule has 43 heavy (non-hydrogen) atoms. The van der Waals surface area contributed by atoms with Crippen molar-refractivity contribution >= 4 is 39.6 Å². The zero-order valence-corrected chi connectivity index (χ0v) is 24.8. The second kappa shape index (κ2) is 9.94. The smallest absolute Gasteiger partial charge is 0.302 e. The number of ether oxygens (including phenoxy) is 2. The molecule has 0 aliphatic carbocycles. The van der Waals surface area contributed by atoms with Crippen LogP contribution in [0.5, 0.6) is 0 Å². The number of fused-ring (bicyclic) bond motifs is 8. The Hall–Kier alpha value is -4.19. The molecule has 6 atom stereocenters. The largest absolute Gasteiger partial charge is 0.460 e. The number of nitrogens with zero attached hydrogens (tertiary/aromatic N) is 2. The molecule has 0 aromatic carbocycles. The van der Waals surface area contributed by atoms with Crippen molar-refractivity contribution < 1.29 is 34.1 Å². The predicted molar refractivity (Wildman–Crippen MR) is 157 cm³/mol. The molecule has 11 nitrogen and oxygen atoms in total. The number of Topliss-reactive ketones (excluding diaryl/α,β-unsaturated/α-hetero) is 2. The number of H-pyrrole nitrogens is 2. The molecule has 3 aliphatic rings. The van der Waals surface area contributed by atoms with Crippen molar-refractivity contribution in [3.8, 4) is 0 Å². The van der Waals surface area contributed by atoms with Crippen molar-refractivity contribution in [1.29, 1.82) is 0 Å². The number of aliphatic hydroxyl groups is 2. The number of rotatable bonds is 2. The minimum Gasteiger partial charge on any atom is -0.460 e. The molecule has 8 bridgehead atoms. The fourth-order valence-corrected chi connectivity index (χ4v) is 6.18. The van der Waals surface area contributed by atoms with Crippen LogP contribution in [0.3, 0.4) is 0 Å². The van der Waals surface area contributed by atoms with E-state index in [1.54, 1.807) is 38.1 Å². The van der Waals surface area contributed by atoms with Crippen molar-refractivity contribution in [2.45, 2.75) is 83.4 Å². The maximum atomic E-state index is 14.3. The molecule has 3 aromatic heterocycles. The molecule has 4 N–H and O–H groups in total. The van der Waals surface area contributed by atoms with E-state index in [0.29, 0.717) is 27.8 Å². The van der Waals surface area contributed by atoms with E-state index in [0.717, 1.165) is 11.1 Å². The molecule has 3 aliphatic heterocycles. The number of carbonyl (C=O) groups is 3. The number of aryl methyl sites for hydroxylation is 2. The van der Waals surface area contributed by atoms with E-state index >= 15 is 0 Å². The fourth-order valence-electron chi connectivity index (χ4n) is 6.18. The number of esters is 1. The topological polar surface area (TPSA) is 167 Å². The maximum Gasteiger partial charge on any atom is 0.302 e. The SMILES string of the molecule is CC(=O)O[C@H]1C[C@@H](O)[C@H](C)OC1C1(C)C(=O)c2cc3cc(C)c(cc4nc(cc5[nH]c(cc1n2)cc5C)C(=O)C4(C)O)[nH]3. The quantitative estimate of drug-likeness (QED) is 0.328. The molecular formula is C32H34N4O7. The molecular weight excluding hydrogens is 552 g/mol. The third kappa shape index (κ3) is 4.68. The third-order valence-electron chi connectivity index (χ3n) is 8.79. The highest BCUT2D eigenvalue weighted by Gasteiger charge is 2.56. The van der Waals surface area contributed by atoms with Crippen LogP contribution < -0.4 is 0 Å². The van der Waals surface area contributed by atoms with Gasteiger partial charge in [-0.25, -0.2) is 9.97 Å². The maximum absolute atomic E-state index is 14.3. The van der Waals surface area contributed by atoms with Crippen molar-refractivity contribution in [2.24, 2.45) is 0 Å². The Bertz CT molecular complexity index is 1860. The first-order valence-corrected chi connectivity index (χ1v) is 14.2. The predicted octanol–water partition coefficient (Wildman–Crippen LogP) is 3.63. The number of ketones is 2. The summed E-state index contributed by atoms with van der Waals surface area (Å²) in [6.07, 6.45) is -3.20. The van der Waals surface area contributed by atoms with E-state index in [2.05, 4.69) is 15.0 Å². The molecule has 0 amide bonds. The minimum absolute atomic E-state index is 0.106. The van der Waals surface area contributed by atoms with Crippen LogP contribution >= 0.6 is 0 Å². The van der Waals surface area contributed by atoms with E-state index in [1.165, 1.54) is 13.8 Å². The third-order valence-corrected chi connectivity index (χ3v) is 8.79. The molecule has 6 rings (SSSR count). The molecule has 3 unspecified atom stereocenters. The lowest BCUT2D eigenvalue weighted by Crippen LogP contribution is -2.57. The normalized spacial score (nSPS) is 29.1. The summed E-state index contributed by atoms with van der Waals surface area (Å²) in [5.41, 5.74) is 1.69. The fraction of sp³-hybridized carbons (Fsp3) is 0.406. The average Bonchev–Trinajstić information content (AvgIpc) is 3.58. The van der Waals surface area contributed by atoms with Crippen molar-refractivity contribution in [1.82, 2.24) is 19.9 Å². The van der Waals surface area contributed by atoms with Gasteiger partial charge in [-0.05, 0) is 82.1 Å². The average molecular weight is 587 g/mol. The summed E-state index contributed by atoms with van der Waals surface area (Å²) in [7, 11) is 0. The Morgan fingerprint density at radius 2 is 1.51 bits per heavy atom. The zero-order valence-electron chi connectivity index (χ0n) is 24.8. The summed E-state index contributed by atoms with van der Waals surface area (Å²) in [5, 5.41) is 21.6. The van der Waals surface area contributed by atoms with E-state index in [-0.39, 0.29) is 29.3 Å². The first-order valence-electron chi connectivity index (χ1n) is 14.2. The first-order chi connectivity index (χ1) is 20.2. The van der Waals surface area contributed by atoms with Gasteiger partial charge in [-0.2, -0.15) is 0 Å². The Morgan fingerprint density at radius 1 is 0.930 bits per heavy atom. The summed E-state index contributed by atoms with van der Waals surface area (Å²) >= 11 is 0. The van der Waals surface area contributed by atoms with Gasteiger partial charge in [-0.3, -0.25) is 14.4 Å². The highest BCUT2D eigenvalue weighted by atomic mass is 16.6. The van der Waals surface area contributed by atoms with Crippen molar-refractivity contribution in [2.75, 3.05) is 0 Å². The summed E-state index contributed by atoms with van der Waals surface area (Å²) in [6, 6.07) is 10.3. The number of hydrogen-bond acceptors (Lipinski definition) is 9. The van der Waals surface area contributed by atoms with Gasteiger partial charge in [-0.15, -0.1) is 0 Å². The van der Waals surface area contributed by atoms with Gasteiger partial charge in [0.2, 0.25) is 5.78 Å². The zero-order chi connectivity index (χ0) is 31.0. The van der Waals surface area contributed by atoms with Gasteiger partial charge < -0.3 is 29.7 Å². The van der Waals surface area contributed by atoms with Gasteiger partial charge in [0.25, 0.3) is 0 Å². The summed E-state index contributed by atoms with van der Waals surface area (Å²) in [4.78, 5) is 55.3. The summed E-state index contributed by atoms with van der Waals surface area (Å²) in [5.74, 6) is -1.39. The number of aromatic amines is 2. The van der Waals surface area contributed by atoms with Gasteiger partial charge in [0.05, 0.1) is 23.6 Å². The molecule has 0 spiro atoms. The van der Waals surface area contributed by atoms with Gasteiger partial charge in [0.1, 0.15) is 29.0 Å². The van der Waals surface area contributed by atoms with Gasteiger partial charge in [0, 0.05) is 35.4 Å². The molecule has 1 saturated heterocycles. The Kier molecular flexibility index (Phi) is 6.68. The van der Waals surface area contributed by atoms with Gasteiger partial charge in [0.15, 0.2) is 11.4 Å². The van der Waals surface area contributed by atoms with Crippen LogP contribution in [0.25, 0.3) is 22.1 Å². The van der Waals surface area contributed by atoms with Gasteiger partial charge in [-0.1, -0.05) is 0 Å². The molecule has 0 radical (unpaired) electrons. The van der Waals surface area contributed by atoms with Gasteiger partial charge >= 0.3 is 5.97 Å². The lowest BCUT2D eigenvalue weighted by molar-refractivity contribution is -0.197. The summed E-state index contributed by atoms with van der Waals surface area (Å²) < 4.78 is 11.8. The Morgan fingerprint density at radius 3 is 2.16 bits per heavy atom. The molecule has 11 heteroatoms. The van der Waals surface area contributed by atoms with Crippen LogP contribution in [0, 0.1) is 13.8 Å². The molecule has 1 fully saturated rings. The van der Waals surface area contributed by atoms with Crippen LogP contribution in [-0.2, 0) is 25.3 Å². The van der Waals surface area contributed by atoms with E-state index < -0.39 is 47.2 Å². The van der Waals surface area contributed by atoms with Crippen LogP contribution in [0.2, 0.25) is 0 Å². The van der Waals surface area contributed by atoms with Crippen LogP contribution in [0.4, 0.5) is 0 Å². The standard InChI is InChI=1S/C32H34N4O7/c1-14-8-19-10-26-31(5,30-25(43-17(4)37)13-24(38)16(3)42-30)28(39)22(35-26)9-18-7-15(2)21(33-18)12-27-32(6,41)29(40)23(36-27)11-20(14)34-19/h7-12,16,24-25,30,33-34,38,41H,13H2,1-6H3/t16-,24+,25-,30?,31?,32?/m0/s1. The molecule has 6 heterocycles. The molecule has 0 saturated carbocycles. The highest BCUT2D eigenvalue weighted by Crippen LogP contribution is 2.42. The van der Waals surface area contributed by atoms with E-state index in [4.69, 9.17) is 14.5 Å². The first kappa shape index (κ1) is 28.9. The minimum atomic E-state index is -1.81. The van der Waals surface area contributed by atoms with E-state index in [9.17, 15) is 24.6 Å². The number of nitrogens with one attached hydrogen (secondary N) is 2. The number of aromatic nitrogens is 4. The number of aliphatic hydroxyl groups excluding tert-OH is 1. The van der Waals surface area contributed by atoms with Crippen LogP contribution in [0.1, 0.15) is 77.6 Å². The number of hydrogen-bond donors (Lipinski definition) is 4.